The van der Waals surface area contributed by atoms with Crippen molar-refractivity contribution in [3.05, 3.63) is 34.2 Å². The van der Waals surface area contributed by atoms with Crippen molar-refractivity contribution in [2.75, 3.05) is 12.1 Å². The average molecular weight is 224 g/mol. The van der Waals surface area contributed by atoms with Gasteiger partial charge in [-0.05, 0) is 18.2 Å². The summed E-state index contributed by atoms with van der Waals surface area (Å²) in [6, 6.07) is 3.34. The number of anilines is 1. The molecule has 0 saturated carbocycles. The first-order valence-corrected chi connectivity index (χ1v) is 4.15. The smallest absolute Gasteiger partial charge is 0.337 e. The van der Waals surface area contributed by atoms with Crippen LogP contribution in [0.15, 0.2) is 23.5 Å². The van der Waals surface area contributed by atoms with E-state index in [2.05, 4.69) is 5.29 Å². The molecule has 0 heterocycles. The average Bonchev–Trinajstić information content (AvgIpc) is 2.26. The highest BCUT2D eigenvalue weighted by Gasteiger charge is 2.16. The Bertz CT molecular complexity index is 457. The normalized spacial score (nSPS) is 9.56. The van der Waals surface area contributed by atoms with E-state index in [-0.39, 0.29) is 16.8 Å². The van der Waals surface area contributed by atoms with E-state index in [4.69, 9.17) is 10.2 Å². The molecule has 0 aliphatic heterocycles. The maximum atomic E-state index is 10.8. The first-order valence-electron chi connectivity index (χ1n) is 4.15. The van der Waals surface area contributed by atoms with E-state index in [9.17, 15) is 14.5 Å². The summed E-state index contributed by atoms with van der Waals surface area (Å²) in [6.45, 7) is 0. The number of carboxylic acid groups (broad SMARTS) is 2. The van der Waals surface area contributed by atoms with Crippen molar-refractivity contribution >= 4 is 17.6 Å². The van der Waals surface area contributed by atoms with Crippen molar-refractivity contribution in [3.63, 3.8) is 0 Å². The van der Waals surface area contributed by atoms with Gasteiger partial charge < -0.3 is 10.2 Å². The minimum absolute atomic E-state index is 0.0672. The van der Waals surface area contributed by atoms with Crippen molar-refractivity contribution in [1.82, 2.24) is 0 Å². The summed E-state index contributed by atoms with van der Waals surface area (Å²) in [5.41, 5.74) is -0.370. The van der Waals surface area contributed by atoms with Gasteiger partial charge in [-0.1, -0.05) is 0 Å². The van der Waals surface area contributed by atoms with E-state index < -0.39 is 11.9 Å². The quantitative estimate of drug-likeness (QED) is 0.587. The fraction of sp³-hybridized carbons (Fsp3) is 0.111. The van der Waals surface area contributed by atoms with Crippen LogP contribution in [-0.2, 0) is 0 Å². The third-order valence-corrected chi connectivity index (χ3v) is 1.95. The lowest BCUT2D eigenvalue weighted by molar-refractivity contribution is 0.0681. The molecule has 7 heteroatoms. The number of rotatable bonds is 4. The van der Waals surface area contributed by atoms with Crippen molar-refractivity contribution in [2.45, 2.75) is 0 Å². The van der Waals surface area contributed by atoms with Crippen LogP contribution in [0.2, 0.25) is 0 Å². The van der Waals surface area contributed by atoms with E-state index in [0.29, 0.717) is 0 Å². The second-order valence-corrected chi connectivity index (χ2v) is 2.95. The van der Waals surface area contributed by atoms with Crippen molar-refractivity contribution < 1.29 is 19.8 Å². The van der Waals surface area contributed by atoms with Crippen LogP contribution in [0.25, 0.3) is 0 Å². The highest BCUT2D eigenvalue weighted by molar-refractivity contribution is 5.97. The largest absolute Gasteiger partial charge is 0.478 e. The summed E-state index contributed by atoms with van der Waals surface area (Å²) < 4.78 is 0. The van der Waals surface area contributed by atoms with Gasteiger partial charge in [-0.15, -0.1) is 4.91 Å². The molecule has 0 atom stereocenters. The SMILES string of the molecule is CN(N=O)c1cc(C(=O)O)ccc1C(=O)O. The number of hydrogen-bond acceptors (Lipinski definition) is 4. The molecule has 1 aromatic carbocycles. The third kappa shape index (κ3) is 2.14. The number of nitroso groups, excluding NO2 is 1. The minimum Gasteiger partial charge on any atom is -0.478 e. The fourth-order valence-corrected chi connectivity index (χ4v) is 1.16. The van der Waals surface area contributed by atoms with Gasteiger partial charge in [-0.25, -0.2) is 14.6 Å². The van der Waals surface area contributed by atoms with Gasteiger partial charge in [0.15, 0.2) is 0 Å². The molecule has 16 heavy (non-hydrogen) atoms. The van der Waals surface area contributed by atoms with Crippen molar-refractivity contribution in [1.29, 1.82) is 0 Å². The maximum absolute atomic E-state index is 10.8. The van der Waals surface area contributed by atoms with Crippen LogP contribution in [0.5, 0.6) is 0 Å². The van der Waals surface area contributed by atoms with Gasteiger partial charge in [0.05, 0.1) is 22.1 Å². The Hall–Kier alpha value is -2.44. The Kier molecular flexibility index (Phi) is 3.19. The molecule has 84 valence electrons. The maximum Gasteiger partial charge on any atom is 0.337 e. The molecule has 0 bridgehead atoms. The van der Waals surface area contributed by atoms with E-state index >= 15 is 0 Å². The van der Waals surface area contributed by atoms with Gasteiger partial charge in [0.1, 0.15) is 0 Å². The Labute approximate surface area is 89.9 Å². The van der Waals surface area contributed by atoms with E-state index in [1.54, 1.807) is 0 Å². The molecular formula is C9H8N2O5. The zero-order valence-electron chi connectivity index (χ0n) is 8.25. The zero-order valence-corrected chi connectivity index (χ0v) is 8.25. The van der Waals surface area contributed by atoms with Gasteiger partial charge in [-0.2, -0.15) is 0 Å². The third-order valence-electron chi connectivity index (χ3n) is 1.95. The number of carboxylic acids is 2. The molecule has 1 aromatic rings. The predicted molar refractivity (Wildman–Crippen MR) is 54.6 cm³/mol. The van der Waals surface area contributed by atoms with Gasteiger partial charge in [-0.3, -0.25) is 0 Å². The van der Waals surface area contributed by atoms with E-state index in [1.807, 2.05) is 0 Å². The van der Waals surface area contributed by atoms with Gasteiger partial charge in [0.25, 0.3) is 0 Å². The van der Waals surface area contributed by atoms with Gasteiger partial charge in [0, 0.05) is 7.05 Å². The summed E-state index contributed by atoms with van der Waals surface area (Å²) in [5.74, 6) is -2.47. The predicted octanol–water partition coefficient (Wildman–Crippen LogP) is 1.20. The van der Waals surface area contributed by atoms with Crippen LogP contribution in [0, 0.1) is 4.91 Å². The van der Waals surface area contributed by atoms with Gasteiger partial charge in [0.2, 0.25) is 0 Å². The van der Waals surface area contributed by atoms with Crippen LogP contribution in [0.3, 0.4) is 0 Å². The second kappa shape index (κ2) is 4.39. The molecule has 0 aromatic heterocycles. The summed E-state index contributed by atoms with van der Waals surface area (Å²) in [4.78, 5) is 31.8. The molecule has 7 nitrogen and oxygen atoms in total. The highest BCUT2D eigenvalue weighted by Crippen LogP contribution is 2.21. The summed E-state index contributed by atoms with van der Waals surface area (Å²) in [5, 5.41) is 20.8. The molecule has 0 unspecified atom stereocenters. The molecule has 0 saturated heterocycles. The Morgan fingerprint density at radius 1 is 1.25 bits per heavy atom. The fourth-order valence-electron chi connectivity index (χ4n) is 1.16. The minimum atomic E-state index is -1.26. The lowest BCUT2D eigenvalue weighted by atomic mass is 10.1. The Morgan fingerprint density at radius 3 is 2.31 bits per heavy atom. The number of benzene rings is 1. The molecule has 1 rings (SSSR count). The van der Waals surface area contributed by atoms with Crippen LogP contribution in [-0.4, -0.2) is 29.2 Å². The zero-order chi connectivity index (χ0) is 12.3. The Balaban J connectivity index is 3.37. The van der Waals surface area contributed by atoms with Crippen LogP contribution < -0.4 is 5.01 Å². The van der Waals surface area contributed by atoms with Crippen LogP contribution >= 0.6 is 0 Å². The standard InChI is InChI=1S/C9H8N2O5/c1-11(10-16)7-4-5(8(12)13)2-3-6(7)9(14)15/h2-4H,1H3,(H,12,13)(H,14,15). The number of nitrogens with zero attached hydrogens (tertiary/aromatic N) is 2. The molecular weight excluding hydrogens is 216 g/mol. The lowest BCUT2D eigenvalue weighted by Crippen LogP contribution is -2.13. The molecule has 0 aliphatic carbocycles. The van der Waals surface area contributed by atoms with Crippen molar-refractivity contribution in [2.24, 2.45) is 5.29 Å². The molecule has 0 fully saturated rings. The molecule has 0 amide bonds. The number of aromatic carboxylic acids is 2. The topological polar surface area (TPSA) is 107 Å². The van der Waals surface area contributed by atoms with Crippen molar-refractivity contribution in [3.8, 4) is 0 Å². The van der Waals surface area contributed by atoms with E-state index in [1.165, 1.54) is 7.05 Å². The summed E-state index contributed by atoms with van der Waals surface area (Å²) in [7, 11) is 1.24. The molecule has 0 aliphatic rings. The monoisotopic (exact) mass is 224 g/mol. The van der Waals surface area contributed by atoms with Crippen LogP contribution in [0.1, 0.15) is 20.7 Å². The van der Waals surface area contributed by atoms with E-state index in [0.717, 1.165) is 23.2 Å². The Morgan fingerprint density at radius 2 is 1.88 bits per heavy atom. The highest BCUT2D eigenvalue weighted by atomic mass is 16.4. The summed E-state index contributed by atoms with van der Waals surface area (Å²) in [6.07, 6.45) is 0. The second-order valence-electron chi connectivity index (χ2n) is 2.95. The number of hydrogen-bond donors (Lipinski definition) is 2. The first kappa shape index (κ1) is 11.6. The number of carbonyl (C=O) groups is 2. The summed E-state index contributed by atoms with van der Waals surface area (Å²) >= 11 is 0. The van der Waals surface area contributed by atoms with Crippen LogP contribution in [0.4, 0.5) is 5.69 Å². The molecule has 0 spiro atoms. The molecule has 2 N–H and O–H groups in total. The lowest BCUT2D eigenvalue weighted by Gasteiger charge is -2.12. The first-order chi connectivity index (χ1) is 7.47. The van der Waals surface area contributed by atoms with Gasteiger partial charge >= 0.3 is 11.9 Å². The molecule has 0 radical (unpaired) electrons.